The summed E-state index contributed by atoms with van der Waals surface area (Å²) >= 11 is 0. The molecule has 4 rings (SSSR count). The Morgan fingerprint density at radius 3 is 2.50 bits per heavy atom. The van der Waals surface area contributed by atoms with E-state index in [2.05, 4.69) is 25.9 Å². The van der Waals surface area contributed by atoms with Crippen molar-refractivity contribution in [3.63, 3.8) is 0 Å². The first-order chi connectivity index (χ1) is 14.4. The zero-order valence-electron chi connectivity index (χ0n) is 17.4. The van der Waals surface area contributed by atoms with Crippen molar-refractivity contribution < 1.29 is 9.59 Å². The number of H-pyrrole nitrogens is 1. The van der Waals surface area contributed by atoms with E-state index in [4.69, 9.17) is 0 Å². The van der Waals surface area contributed by atoms with Crippen molar-refractivity contribution >= 4 is 17.5 Å². The Bertz CT molecular complexity index is 1040. The van der Waals surface area contributed by atoms with Gasteiger partial charge in [0.05, 0.1) is 5.69 Å². The number of carbonyl (C=O) groups is 2. The fourth-order valence-electron chi connectivity index (χ4n) is 3.67. The van der Waals surface area contributed by atoms with Crippen LogP contribution >= 0.6 is 0 Å². The van der Waals surface area contributed by atoms with Gasteiger partial charge in [0.25, 0.3) is 5.91 Å². The molecule has 3 N–H and O–H groups in total. The molecule has 0 aliphatic heterocycles. The van der Waals surface area contributed by atoms with Crippen LogP contribution in [0.2, 0.25) is 0 Å². The molecule has 0 saturated heterocycles. The van der Waals surface area contributed by atoms with Crippen LogP contribution in [0.25, 0.3) is 11.1 Å². The molecule has 0 radical (unpaired) electrons. The molecule has 1 aliphatic carbocycles. The van der Waals surface area contributed by atoms with Crippen molar-refractivity contribution in [2.24, 2.45) is 13.0 Å². The standard InChI is InChI=1S/C22H26N6O2/c1-13-20(14(2)27-26-13)16-6-8-17(9-7-16)24-21(29)18(12-15-4-5-15)25-22(30)19-10-11-23-28(19)3/h6-11,15,18H,4-5,12H2,1-3H3,(H,24,29)(H,25,30)(H,26,27)/t18-/m0/s1. The molecule has 0 spiro atoms. The van der Waals surface area contributed by atoms with Crippen molar-refractivity contribution in [3.8, 4) is 11.1 Å². The van der Waals surface area contributed by atoms with E-state index in [9.17, 15) is 9.59 Å². The molecule has 0 unspecified atom stereocenters. The fraction of sp³-hybridized carbons (Fsp3) is 0.364. The SMILES string of the molecule is Cc1n[nH]c(C)c1-c1ccc(NC(=O)[C@H](CC2CC2)NC(=O)c2ccnn2C)cc1. The van der Waals surface area contributed by atoms with Crippen LogP contribution in [0.4, 0.5) is 5.69 Å². The first kappa shape index (κ1) is 19.9. The lowest BCUT2D eigenvalue weighted by Crippen LogP contribution is -2.44. The van der Waals surface area contributed by atoms with E-state index >= 15 is 0 Å². The van der Waals surface area contributed by atoms with Crippen LogP contribution in [-0.2, 0) is 11.8 Å². The lowest BCUT2D eigenvalue weighted by Gasteiger charge is -2.18. The summed E-state index contributed by atoms with van der Waals surface area (Å²) in [5, 5.41) is 17.1. The quantitative estimate of drug-likeness (QED) is 0.561. The van der Waals surface area contributed by atoms with Crippen LogP contribution in [0.5, 0.6) is 0 Å². The maximum absolute atomic E-state index is 12.9. The highest BCUT2D eigenvalue weighted by molar-refractivity contribution is 6.00. The second-order valence-corrected chi connectivity index (χ2v) is 7.92. The Balaban J connectivity index is 1.45. The van der Waals surface area contributed by atoms with Gasteiger partial charge in [-0.2, -0.15) is 10.2 Å². The Morgan fingerprint density at radius 1 is 1.20 bits per heavy atom. The summed E-state index contributed by atoms with van der Waals surface area (Å²) < 4.78 is 1.50. The van der Waals surface area contributed by atoms with Gasteiger partial charge in [-0.05, 0) is 49.9 Å². The summed E-state index contributed by atoms with van der Waals surface area (Å²) in [6.07, 6.45) is 4.41. The number of hydrogen-bond acceptors (Lipinski definition) is 4. The molecule has 1 saturated carbocycles. The van der Waals surface area contributed by atoms with Crippen molar-refractivity contribution in [3.05, 3.63) is 53.6 Å². The summed E-state index contributed by atoms with van der Waals surface area (Å²) in [6.45, 7) is 3.94. The van der Waals surface area contributed by atoms with E-state index < -0.39 is 6.04 Å². The molecule has 30 heavy (non-hydrogen) atoms. The van der Waals surface area contributed by atoms with Gasteiger partial charge in [-0.15, -0.1) is 0 Å². The van der Waals surface area contributed by atoms with Gasteiger partial charge in [-0.3, -0.25) is 19.4 Å². The van der Waals surface area contributed by atoms with Gasteiger partial charge in [0.1, 0.15) is 11.7 Å². The first-order valence-corrected chi connectivity index (χ1v) is 10.1. The number of aromatic nitrogens is 4. The average Bonchev–Trinajstić information content (AvgIpc) is 3.34. The number of amides is 2. The third-order valence-electron chi connectivity index (χ3n) is 5.51. The van der Waals surface area contributed by atoms with Crippen LogP contribution in [0, 0.1) is 19.8 Å². The van der Waals surface area contributed by atoms with Crippen LogP contribution in [0.3, 0.4) is 0 Å². The van der Waals surface area contributed by atoms with Crippen LogP contribution < -0.4 is 10.6 Å². The lowest BCUT2D eigenvalue weighted by atomic mass is 10.0. The summed E-state index contributed by atoms with van der Waals surface area (Å²) in [6, 6.07) is 8.72. The molecule has 2 aromatic heterocycles. The lowest BCUT2D eigenvalue weighted by molar-refractivity contribution is -0.118. The summed E-state index contributed by atoms with van der Waals surface area (Å²) in [5.74, 6) is -0.0140. The highest BCUT2D eigenvalue weighted by Gasteiger charge is 2.31. The normalized spacial score (nSPS) is 14.4. The Morgan fingerprint density at radius 2 is 1.93 bits per heavy atom. The van der Waals surface area contributed by atoms with Crippen molar-refractivity contribution in [2.75, 3.05) is 5.32 Å². The van der Waals surface area contributed by atoms with Gasteiger partial charge >= 0.3 is 0 Å². The highest BCUT2D eigenvalue weighted by atomic mass is 16.2. The van der Waals surface area contributed by atoms with Gasteiger partial charge in [0.15, 0.2) is 0 Å². The van der Waals surface area contributed by atoms with Crippen LogP contribution in [0.15, 0.2) is 36.5 Å². The molecule has 1 aromatic carbocycles. The minimum absolute atomic E-state index is 0.208. The van der Waals surface area contributed by atoms with Gasteiger partial charge in [0, 0.05) is 30.2 Å². The maximum atomic E-state index is 12.9. The van der Waals surface area contributed by atoms with E-state index in [-0.39, 0.29) is 11.8 Å². The molecule has 2 amide bonds. The van der Waals surface area contributed by atoms with Crippen LogP contribution in [0.1, 0.15) is 41.1 Å². The predicted octanol–water partition coefficient (Wildman–Crippen LogP) is 2.96. The topological polar surface area (TPSA) is 105 Å². The molecule has 2 heterocycles. The minimum atomic E-state index is -0.585. The largest absolute Gasteiger partial charge is 0.339 e. The third-order valence-corrected chi connectivity index (χ3v) is 5.51. The number of aryl methyl sites for hydroxylation is 3. The van der Waals surface area contributed by atoms with E-state index in [1.165, 1.54) is 4.68 Å². The molecule has 3 aromatic rings. The van der Waals surface area contributed by atoms with Gasteiger partial charge < -0.3 is 10.6 Å². The Hall–Kier alpha value is -3.42. The highest BCUT2D eigenvalue weighted by Crippen LogP contribution is 2.34. The molecule has 1 fully saturated rings. The second-order valence-electron chi connectivity index (χ2n) is 7.92. The molecule has 1 atom stereocenters. The average molecular weight is 406 g/mol. The molecule has 156 valence electrons. The van der Waals surface area contributed by atoms with E-state index in [1.54, 1.807) is 19.3 Å². The molecule has 8 heteroatoms. The van der Waals surface area contributed by atoms with Crippen molar-refractivity contribution in [2.45, 2.75) is 39.2 Å². The number of carbonyl (C=O) groups excluding carboxylic acids is 2. The molecule has 0 bridgehead atoms. The van der Waals surface area contributed by atoms with Gasteiger partial charge in [-0.1, -0.05) is 25.0 Å². The maximum Gasteiger partial charge on any atom is 0.270 e. The zero-order chi connectivity index (χ0) is 21.3. The number of nitrogens with one attached hydrogen (secondary N) is 3. The number of hydrogen-bond donors (Lipinski definition) is 3. The summed E-state index contributed by atoms with van der Waals surface area (Å²) in [7, 11) is 1.70. The fourth-order valence-corrected chi connectivity index (χ4v) is 3.67. The van der Waals surface area contributed by atoms with Gasteiger partial charge in [-0.25, -0.2) is 0 Å². The van der Waals surface area contributed by atoms with Crippen molar-refractivity contribution in [1.82, 2.24) is 25.3 Å². The van der Waals surface area contributed by atoms with E-state index in [1.807, 2.05) is 38.1 Å². The van der Waals surface area contributed by atoms with E-state index in [0.717, 1.165) is 35.4 Å². The summed E-state index contributed by atoms with van der Waals surface area (Å²) in [4.78, 5) is 25.5. The number of rotatable bonds is 7. The number of anilines is 1. The van der Waals surface area contributed by atoms with E-state index in [0.29, 0.717) is 23.7 Å². The minimum Gasteiger partial charge on any atom is -0.339 e. The molecular formula is C22H26N6O2. The van der Waals surface area contributed by atoms with Crippen LogP contribution in [-0.4, -0.2) is 37.8 Å². The molecule has 1 aliphatic rings. The monoisotopic (exact) mass is 406 g/mol. The smallest absolute Gasteiger partial charge is 0.270 e. The summed E-state index contributed by atoms with van der Waals surface area (Å²) in [5.41, 5.74) is 5.17. The van der Waals surface area contributed by atoms with Gasteiger partial charge in [0.2, 0.25) is 5.91 Å². The molecular weight excluding hydrogens is 380 g/mol. The third kappa shape index (κ3) is 4.27. The first-order valence-electron chi connectivity index (χ1n) is 10.1. The molecule has 8 nitrogen and oxygen atoms in total. The number of nitrogens with zero attached hydrogens (tertiary/aromatic N) is 3. The Labute approximate surface area is 175 Å². The predicted molar refractivity (Wildman–Crippen MR) is 114 cm³/mol. The number of benzene rings is 1. The zero-order valence-corrected chi connectivity index (χ0v) is 17.4. The number of aromatic amines is 1. The van der Waals surface area contributed by atoms with Crippen molar-refractivity contribution in [1.29, 1.82) is 0 Å². The second kappa shape index (κ2) is 8.14. The Kier molecular flexibility index (Phi) is 5.39.